The Kier molecular flexibility index (Phi) is 5.43. The molecule has 112 valence electrons. The van der Waals surface area contributed by atoms with Crippen LogP contribution in [0.15, 0.2) is 12.3 Å². The summed E-state index contributed by atoms with van der Waals surface area (Å²) in [5, 5.41) is -1.08. The molecule has 1 rings (SSSR count). The zero-order valence-corrected chi connectivity index (χ0v) is 11.9. The standard InChI is InChI=1S/C12H13F5O2Si/c1-4-18-20(6-3,19-5-2)12-10(16)8(14)7(13)9(15)11(12)17/h6H,3-5H2,1-2H3. The third-order valence-corrected chi connectivity index (χ3v) is 5.65. The van der Waals surface area contributed by atoms with E-state index in [1.807, 2.05) is 0 Å². The Hall–Kier alpha value is -1.25. The molecule has 0 radical (unpaired) electrons. The smallest absolute Gasteiger partial charge is 0.388 e. The highest BCUT2D eigenvalue weighted by Gasteiger charge is 2.45. The van der Waals surface area contributed by atoms with Gasteiger partial charge < -0.3 is 8.85 Å². The molecule has 0 spiro atoms. The minimum atomic E-state index is -3.95. The molecule has 0 fully saturated rings. The van der Waals surface area contributed by atoms with Crippen LogP contribution >= 0.6 is 0 Å². The summed E-state index contributed by atoms with van der Waals surface area (Å²) in [5.74, 6) is -10.2. The van der Waals surface area contributed by atoms with Gasteiger partial charge in [-0.1, -0.05) is 0 Å². The minimum absolute atomic E-state index is 0.0300. The van der Waals surface area contributed by atoms with Crippen LogP contribution in [0.25, 0.3) is 0 Å². The van der Waals surface area contributed by atoms with Crippen molar-refractivity contribution in [3.8, 4) is 0 Å². The normalized spacial score (nSPS) is 11.8. The van der Waals surface area contributed by atoms with Crippen LogP contribution in [0.2, 0.25) is 0 Å². The fraction of sp³-hybridized carbons (Fsp3) is 0.333. The first kappa shape index (κ1) is 16.8. The van der Waals surface area contributed by atoms with Gasteiger partial charge in [0.15, 0.2) is 23.3 Å². The second-order valence-corrected chi connectivity index (χ2v) is 6.50. The van der Waals surface area contributed by atoms with E-state index in [9.17, 15) is 22.0 Å². The van der Waals surface area contributed by atoms with E-state index in [0.29, 0.717) is 0 Å². The molecule has 0 heterocycles. The number of hydrogen-bond acceptors (Lipinski definition) is 2. The molecule has 0 saturated carbocycles. The summed E-state index contributed by atoms with van der Waals surface area (Å²) >= 11 is 0. The molecule has 0 aliphatic carbocycles. The SMILES string of the molecule is C=C[Si](OCC)(OCC)c1c(F)c(F)c(F)c(F)c1F. The molecule has 2 nitrogen and oxygen atoms in total. The van der Waals surface area contributed by atoms with E-state index in [2.05, 4.69) is 6.58 Å². The Balaban J connectivity index is 3.68. The van der Waals surface area contributed by atoms with Crippen molar-refractivity contribution in [1.29, 1.82) is 0 Å². The lowest BCUT2D eigenvalue weighted by atomic mass is 10.3. The van der Waals surface area contributed by atoms with Crippen molar-refractivity contribution in [2.24, 2.45) is 0 Å². The van der Waals surface area contributed by atoms with Gasteiger partial charge in [0, 0.05) is 13.2 Å². The van der Waals surface area contributed by atoms with Gasteiger partial charge in [-0.25, -0.2) is 22.0 Å². The van der Waals surface area contributed by atoms with Crippen molar-refractivity contribution in [2.45, 2.75) is 13.8 Å². The van der Waals surface area contributed by atoms with Gasteiger partial charge in [0.25, 0.3) is 0 Å². The molecule has 0 aliphatic rings. The van der Waals surface area contributed by atoms with Gasteiger partial charge in [0.1, 0.15) is 0 Å². The summed E-state index contributed by atoms with van der Waals surface area (Å²) in [6.07, 6.45) is 0. The van der Waals surface area contributed by atoms with Crippen molar-refractivity contribution < 1.29 is 30.8 Å². The van der Waals surface area contributed by atoms with Crippen LogP contribution in [0.1, 0.15) is 13.8 Å². The van der Waals surface area contributed by atoms with E-state index in [1.54, 1.807) is 0 Å². The third kappa shape index (κ3) is 2.63. The van der Waals surface area contributed by atoms with Gasteiger partial charge in [-0.2, -0.15) is 0 Å². The monoisotopic (exact) mass is 312 g/mol. The molecule has 0 N–H and O–H groups in total. The molecule has 1 aromatic rings. The zero-order chi connectivity index (χ0) is 15.5. The van der Waals surface area contributed by atoms with Crippen molar-refractivity contribution in [3.63, 3.8) is 0 Å². The molecule has 0 atom stereocenters. The second kappa shape index (κ2) is 6.46. The first-order valence-corrected chi connectivity index (χ1v) is 7.69. The average molecular weight is 312 g/mol. The molecule has 0 aliphatic heterocycles. The minimum Gasteiger partial charge on any atom is -0.388 e. The van der Waals surface area contributed by atoms with Crippen molar-refractivity contribution >= 4 is 13.7 Å². The summed E-state index contributed by atoms with van der Waals surface area (Å²) in [6.45, 7) is 6.31. The topological polar surface area (TPSA) is 18.5 Å². The van der Waals surface area contributed by atoms with Crippen molar-refractivity contribution in [2.75, 3.05) is 13.2 Å². The number of benzene rings is 1. The Bertz CT molecular complexity index is 486. The van der Waals surface area contributed by atoms with Crippen LogP contribution in [-0.2, 0) is 8.85 Å². The van der Waals surface area contributed by atoms with E-state index in [1.165, 1.54) is 13.8 Å². The summed E-state index contributed by atoms with van der Waals surface area (Å²) in [5.41, 5.74) is 0.984. The van der Waals surface area contributed by atoms with Gasteiger partial charge in [0.05, 0.1) is 5.19 Å². The Morgan fingerprint density at radius 1 is 0.850 bits per heavy atom. The maximum atomic E-state index is 13.8. The summed E-state index contributed by atoms with van der Waals surface area (Å²) in [6, 6.07) is 0. The molecular weight excluding hydrogens is 299 g/mol. The highest BCUT2D eigenvalue weighted by atomic mass is 28.4. The molecule has 8 heteroatoms. The molecular formula is C12H13F5O2Si. The van der Waals surface area contributed by atoms with Crippen LogP contribution in [0.3, 0.4) is 0 Å². The molecule has 0 bridgehead atoms. The third-order valence-electron chi connectivity index (χ3n) is 2.54. The fourth-order valence-electron chi connectivity index (χ4n) is 1.75. The van der Waals surface area contributed by atoms with Gasteiger partial charge in [0.2, 0.25) is 5.82 Å². The largest absolute Gasteiger partial charge is 0.405 e. The zero-order valence-electron chi connectivity index (χ0n) is 10.9. The maximum Gasteiger partial charge on any atom is 0.405 e. The highest BCUT2D eigenvalue weighted by Crippen LogP contribution is 2.21. The second-order valence-electron chi connectivity index (χ2n) is 3.68. The number of hydrogen-bond donors (Lipinski definition) is 0. The summed E-state index contributed by atoms with van der Waals surface area (Å²) in [7, 11) is -3.95. The van der Waals surface area contributed by atoms with Gasteiger partial charge in [-0.3, -0.25) is 0 Å². The Morgan fingerprint density at radius 3 is 1.50 bits per heavy atom. The van der Waals surface area contributed by atoms with E-state index < -0.39 is 42.8 Å². The lowest BCUT2D eigenvalue weighted by molar-refractivity contribution is 0.204. The van der Waals surface area contributed by atoms with Gasteiger partial charge in [-0.05, 0) is 19.5 Å². The van der Waals surface area contributed by atoms with Crippen LogP contribution < -0.4 is 5.19 Å². The van der Waals surface area contributed by atoms with E-state index in [-0.39, 0.29) is 13.2 Å². The average Bonchev–Trinajstić information content (AvgIpc) is 2.43. The highest BCUT2D eigenvalue weighted by molar-refractivity contribution is 6.85. The predicted octanol–water partition coefficient (Wildman–Crippen LogP) is 2.83. The van der Waals surface area contributed by atoms with Crippen LogP contribution in [0, 0.1) is 29.1 Å². The predicted molar refractivity (Wildman–Crippen MR) is 65.1 cm³/mol. The molecule has 0 saturated heterocycles. The Labute approximate surface area is 114 Å². The van der Waals surface area contributed by atoms with Crippen LogP contribution in [0.4, 0.5) is 22.0 Å². The summed E-state index contributed by atoms with van der Waals surface area (Å²) < 4.78 is 77.6. The van der Waals surface area contributed by atoms with Crippen LogP contribution in [0.5, 0.6) is 0 Å². The quantitative estimate of drug-likeness (QED) is 0.348. The van der Waals surface area contributed by atoms with E-state index >= 15 is 0 Å². The lowest BCUT2D eigenvalue weighted by Gasteiger charge is -2.27. The first-order chi connectivity index (χ1) is 9.36. The molecule has 0 unspecified atom stereocenters. The summed E-state index contributed by atoms with van der Waals surface area (Å²) in [4.78, 5) is 0. The molecule has 20 heavy (non-hydrogen) atoms. The van der Waals surface area contributed by atoms with E-state index in [0.717, 1.165) is 5.70 Å². The van der Waals surface area contributed by atoms with Crippen molar-refractivity contribution in [1.82, 2.24) is 0 Å². The Morgan fingerprint density at radius 2 is 1.20 bits per heavy atom. The van der Waals surface area contributed by atoms with Gasteiger partial charge in [-0.15, -0.1) is 6.58 Å². The van der Waals surface area contributed by atoms with Crippen molar-refractivity contribution in [3.05, 3.63) is 41.4 Å². The molecule has 0 aromatic heterocycles. The van der Waals surface area contributed by atoms with E-state index in [4.69, 9.17) is 8.85 Å². The lowest BCUT2D eigenvalue weighted by Crippen LogP contribution is -2.56. The fourth-order valence-corrected chi connectivity index (χ4v) is 4.25. The first-order valence-electron chi connectivity index (χ1n) is 5.79. The number of halogens is 5. The van der Waals surface area contributed by atoms with Crippen LogP contribution in [-0.4, -0.2) is 21.8 Å². The van der Waals surface area contributed by atoms with Gasteiger partial charge >= 0.3 is 8.56 Å². The molecule has 0 amide bonds. The maximum absolute atomic E-state index is 13.8. The molecule has 1 aromatic carbocycles. The number of rotatable bonds is 6.